The van der Waals surface area contributed by atoms with Crippen molar-refractivity contribution in [1.29, 1.82) is 0 Å². The Bertz CT molecular complexity index is 721. The molecule has 0 unspecified atom stereocenters. The van der Waals surface area contributed by atoms with Gasteiger partial charge in [0, 0.05) is 23.9 Å². The van der Waals surface area contributed by atoms with Gasteiger partial charge >= 0.3 is 12.1 Å². The van der Waals surface area contributed by atoms with Crippen LogP contribution >= 0.6 is 11.6 Å². The SMILES string of the molecule is CC.CC(C)COC(=O)OC(=O)/C=C\N/N=C(\N)c1cc(Cl)nc(OC(C)C)c1. The molecule has 3 N–H and O–H groups in total. The highest BCUT2D eigenvalue weighted by Crippen LogP contribution is 2.17. The van der Waals surface area contributed by atoms with E-state index >= 15 is 0 Å². The number of ether oxygens (including phenoxy) is 3. The molecule has 0 radical (unpaired) electrons. The molecule has 0 saturated heterocycles. The summed E-state index contributed by atoms with van der Waals surface area (Å²) in [5, 5.41) is 4.05. The van der Waals surface area contributed by atoms with Crippen molar-refractivity contribution in [3.63, 3.8) is 0 Å². The Balaban J connectivity index is 0.00000379. The second-order valence-corrected chi connectivity index (χ2v) is 6.41. The molecule has 0 saturated carbocycles. The first-order valence-corrected chi connectivity index (χ1v) is 9.53. The number of carbonyl (C=O) groups is 2. The van der Waals surface area contributed by atoms with Crippen molar-refractivity contribution in [2.45, 2.75) is 47.6 Å². The summed E-state index contributed by atoms with van der Waals surface area (Å²) in [5.41, 5.74) is 8.77. The van der Waals surface area contributed by atoms with Gasteiger partial charge in [0.2, 0.25) is 5.88 Å². The Morgan fingerprint density at radius 2 is 1.93 bits per heavy atom. The maximum Gasteiger partial charge on any atom is 0.516 e. The van der Waals surface area contributed by atoms with Gasteiger partial charge < -0.3 is 19.9 Å². The van der Waals surface area contributed by atoms with Gasteiger partial charge in [0.1, 0.15) is 5.15 Å². The smallest absolute Gasteiger partial charge is 0.475 e. The van der Waals surface area contributed by atoms with Crippen molar-refractivity contribution in [3.8, 4) is 5.88 Å². The van der Waals surface area contributed by atoms with Crippen LogP contribution in [0.3, 0.4) is 0 Å². The number of halogens is 1. The number of rotatable bonds is 8. The maximum atomic E-state index is 11.4. The lowest BCUT2D eigenvalue weighted by Crippen LogP contribution is -2.18. The first kappa shape index (κ1) is 26.2. The highest BCUT2D eigenvalue weighted by atomic mass is 35.5. The monoisotopic (exact) mass is 428 g/mol. The number of amidine groups is 1. The van der Waals surface area contributed by atoms with Crippen molar-refractivity contribution in [1.82, 2.24) is 10.4 Å². The molecule has 0 bridgehead atoms. The number of nitrogens with zero attached hydrogens (tertiary/aromatic N) is 2. The van der Waals surface area contributed by atoms with Crippen LogP contribution in [0, 0.1) is 5.92 Å². The second-order valence-electron chi connectivity index (χ2n) is 6.02. The molecule has 10 heteroatoms. The number of nitrogens with two attached hydrogens (primary N) is 1. The van der Waals surface area contributed by atoms with Crippen molar-refractivity contribution >= 4 is 29.6 Å². The van der Waals surface area contributed by atoms with Gasteiger partial charge in [-0.3, -0.25) is 5.43 Å². The molecule has 0 atom stereocenters. The topological polar surface area (TPSA) is 125 Å². The fraction of sp³-hybridized carbons (Fsp3) is 0.474. The third kappa shape index (κ3) is 12.3. The van der Waals surface area contributed by atoms with Crippen molar-refractivity contribution < 1.29 is 23.8 Å². The van der Waals surface area contributed by atoms with Gasteiger partial charge in [-0.25, -0.2) is 14.6 Å². The highest BCUT2D eigenvalue weighted by molar-refractivity contribution is 6.29. The van der Waals surface area contributed by atoms with Crippen molar-refractivity contribution in [2.75, 3.05) is 6.61 Å². The van der Waals surface area contributed by atoms with Crippen molar-refractivity contribution in [2.24, 2.45) is 16.8 Å². The minimum absolute atomic E-state index is 0.0821. The first-order chi connectivity index (χ1) is 13.7. The Kier molecular flexibility index (Phi) is 12.8. The van der Waals surface area contributed by atoms with Gasteiger partial charge in [0.15, 0.2) is 5.84 Å². The molecule has 0 aromatic carbocycles. The van der Waals surface area contributed by atoms with Crippen LogP contribution in [0.1, 0.15) is 47.1 Å². The van der Waals surface area contributed by atoms with Crippen LogP contribution < -0.4 is 15.9 Å². The molecule has 0 amide bonds. The zero-order valence-electron chi connectivity index (χ0n) is 17.6. The van der Waals surface area contributed by atoms with Crippen LogP contribution in [0.15, 0.2) is 29.5 Å². The Labute approximate surface area is 176 Å². The Morgan fingerprint density at radius 1 is 1.28 bits per heavy atom. The largest absolute Gasteiger partial charge is 0.516 e. The van der Waals surface area contributed by atoms with E-state index in [1.807, 2.05) is 41.5 Å². The molecule has 0 spiro atoms. The van der Waals surface area contributed by atoms with E-state index in [2.05, 4.69) is 20.2 Å². The summed E-state index contributed by atoms with van der Waals surface area (Å²) in [6.45, 7) is 11.6. The average molecular weight is 429 g/mol. The lowest BCUT2D eigenvalue weighted by atomic mass is 10.2. The lowest BCUT2D eigenvalue weighted by molar-refractivity contribution is -0.134. The lowest BCUT2D eigenvalue weighted by Gasteiger charge is -2.10. The predicted octanol–water partition coefficient (Wildman–Crippen LogP) is 3.61. The van der Waals surface area contributed by atoms with E-state index in [4.69, 9.17) is 26.8 Å². The number of nitrogens with one attached hydrogen (secondary N) is 1. The first-order valence-electron chi connectivity index (χ1n) is 9.15. The number of pyridine rings is 1. The summed E-state index contributed by atoms with van der Waals surface area (Å²) >= 11 is 5.93. The van der Waals surface area contributed by atoms with Crippen LogP contribution in [0.25, 0.3) is 0 Å². The molecule has 0 aliphatic heterocycles. The molecule has 0 aliphatic rings. The minimum Gasteiger partial charge on any atom is -0.475 e. The number of esters is 1. The number of aromatic nitrogens is 1. The molecule has 1 rings (SSSR count). The quantitative estimate of drug-likeness (QED) is 0.122. The van der Waals surface area contributed by atoms with Gasteiger partial charge in [0.25, 0.3) is 0 Å². The molecule has 0 aliphatic carbocycles. The molecule has 162 valence electrons. The third-order valence-corrected chi connectivity index (χ3v) is 2.81. The van der Waals surface area contributed by atoms with E-state index in [1.54, 1.807) is 6.07 Å². The summed E-state index contributed by atoms with van der Waals surface area (Å²) in [6, 6.07) is 3.09. The fourth-order valence-corrected chi connectivity index (χ4v) is 1.78. The second kappa shape index (κ2) is 14.2. The zero-order valence-corrected chi connectivity index (χ0v) is 18.3. The van der Waals surface area contributed by atoms with Crippen LogP contribution in [-0.4, -0.2) is 35.7 Å². The van der Waals surface area contributed by atoms with Crippen LogP contribution in [0.2, 0.25) is 5.15 Å². The van der Waals surface area contributed by atoms with E-state index in [1.165, 1.54) is 6.07 Å². The average Bonchev–Trinajstić information content (AvgIpc) is 2.64. The molecule has 9 nitrogen and oxygen atoms in total. The zero-order chi connectivity index (χ0) is 22.4. The predicted molar refractivity (Wildman–Crippen MR) is 112 cm³/mol. The third-order valence-electron chi connectivity index (χ3n) is 2.62. The van der Waals surface area contributed by atoms with Gasteiger partial charge in [-0.1, -0.05) is 39.3 Å². The fourth-order valence-electron chi connectivity index (χ4n) is 1.58. The summed E-state index contributed by atoms with van der Waals surface area (Å²) in [6.07, 6.45) is 0.964. The van der Waals surface area contributed by atoms with Gasteiger partial charge in [0.05, 0.1) is 12.7 Å². The molecule has 1 aromatic heterocycles. The number of hydrazone groups is 1. The minimum atomic E-state index is -1.06. The van der Waals surface area contributed by atoms with E-state index in [0.717, 1.165) is 12.3 Å². The Hall–Kier alpha value is -2.81. The van der Waals surface area contributed by atoms with Crippen molar-refractivity contribution in [3.05, 3.63) is 35.1 Å². The molecule has 29 heavy (non-hydrogen) atoms. The van der Waals surface area contributed by atoms with Crippen LogP contribution in [0.5, 0.6) is 5.88 Å². The molecule has 1 heterocycles. The Morgan fingerprint density at radius 3 is 2.52 bits per heavy atom. The van der Waals surface area contributed by atoms with Crippen LogP contribution in [0.4, 0.5) is 4.79 Å². The number of carbonyl (C=O) groups excluding carboxylic acids is 2. The van der Waals surface area contributed by atoms with E-state index in [-0.39, 0.29) is 29.6 Å². The summed E-state index contributed by atoms with van der Waals surface area (Å²) in [4.78, 5) is 26.7. The molecular weight excluding hydrogens is 400 g/mol. The molecule has 0 fully saturated rings. The van der Waals surface area contributed by atoms with Gasteiger partial charge in [-0.05, 0) is 25.8 Å². The van der Waals surface area contributed by atoms with E-state index < -0.39 is 12.1 Å². The maximum absolute atomic E-state index is 11.4. The van der Waals surface area contributed by atoms with E-state index in [0.29, 0.717) is 11.4 Å². The normalized spacial score (nSPS) is 11.1. The number of hydrogen-bond donors (Lipinski definition) is 2. The van der Waals surface area contributed by atoms with Gasteiger partial charge in [-0.2, -0.15) is 5.10 Å². The summed E-state index contributed by atoms with van der Waals surface area (Å²) in [5.74, 6) is -0.383. The van der Waals surface area contributed by atoms with Gasteiger partial charge in [-0.15, -0.1) is 0 Å². The highest BCUT2D eigenvalue weighted by Gasteiger charge is 2.10. The van der Waals surface area contributed by atoms with Crippen LogP contribution in [-0.2, 0) is 14.3 Å². The standard InChI is InChI=1S/C17H23ClN4O5.C2H6/c1-10(2)9-25-17(24)27-15(23)5-6-20-22-16(19)12-7-13(18)21-14(8-12)26-11(3)4;1-2/h5-8,10-11,20H,9H2,1-4H3,(H2,19,22);1-2H3/b6-5-;. The number of hydrogen-bond acceptors (Lipinski definition) is 8. The molecule has 1 aromatic rings. The van der Waals surface area contributed by atoms with E-state index in [9.17, 15) is 9.59 Å². The molecular formula is C19H29ClN4O5. The summed E-state index contributed by atoms with van der Waals surface area (Å²) in [7, 11) is 0. The summed E-state index contributed by atoms with van der Waals surface area (Å²) < 4.78 is 14.6.